The van der Waals surface area contributed by atoms with Gasteiger partial charge in [0.25, 0.3) is 5.92 Å². The molecule has 1 amide bonds. The Morgan fingerprint density at radius 2 is 1.86 bits per heavy atom. The molecule has 6 rings (SSSR count). The summed E-state index contributed by atoms with van der Waals surface area (Å²) in [5, 5.41) is 0. The van der Waals surface area contributed by atoms with Crippen LogP contribution in [0.4, 0.5) is 20.2 Å². The maximum Gasteiger partial charge on any atom is 0.273 e. The van der Waals surface area contributed by atoms with Gasteiger partial charge in [0.2, 0.25) is 5.91 Å². The standard InChI is InChI=1S/C30H31F2N3O/c1-2-30(31,32)24-7-9-25(10-8-24)35(28-19-33-14-11-27(28)20-3-4-20)26-12-15-34(16-13-26)29(36)22-6-5-21-17-23(21)18-22/h3-4,7-11,14,17,19,22,26H,2,5-6,12-13,15-16,18H2,1H3/t22-/m1/s1. The van der Waals surface area contributed by atoms with Gasteiger partial charge in [0.05, 0.1) is 11.9 Å². The minimum atomic E-state index is -2.84. The molecular formula is C30H31F2N3O. The summed E-state index contributed by atoms with van der Waals surface area (Å²) in [7, 11) is 0. The number of likely N-dealkylation sites (tertiary alicyclic amines) is 1. The van der Waals surface area contributed by atoms with Gasteiger partial charge in [-0.15, -0.1) is 0 Å². The number of nitrogens with zero attached hydrogens (tertiary/aromatic N) is 3. The van der Waals surface area contributed by atoms with Crippen molar-refractivity contribution in [1.29, 1.82) is 0 Å². The van der Waals surface area contributed by atoms with Gasteiger partial charge < -0.3 is 9.80 Å². The lowest BCUT2D eigenvalue weighted by Crippen LogP contribution is -2.47. The molecule has 0 bridgehead atoms. The molecule has 1 aliphatic heterocycles. The summed E-state index contributed by atoms with van der Waals surface area (Å²) in [6, 6.07) is 8.85. The van der Waals surface area contributed by atoms with Gasteiger partial charge in [-0.1, -0.05) is 36.3 Å². The summed E-state index contributed by atoms with van der Waals surface area (Å²) in [5.41, 5.74) is 7.02. The molecule has 2 aromatic rings. The van der Waals surface area contributed by atoms with Crippen molar-refractivity contribution < 1.29 is 13.6 Å². The predicted molar refractivity (Wildman–Crippen MR) is 138 cm³/mol. The van der Waals surface area contributed by atoms with Gasteiger partial charge in [0.15, 0.2) is 0 Å². The van der Waals surface area contributed by atoms with Crippen molar-refractivity contribution in [2.75, 3.05) is 18.0 Å². The first kappa shape index (κ1) is 23.4. The van der Waals surface area contributed by atoms with Crippen LogP contribution >= 0.6 is 0 Å². The number of piperidine rings is 1. The van der Waals surface area contributed by atoms with E-state index in [1.165, 1.54) is 23.6 Å². The summed E-state index contributed by atoms with van der Waals surface area (Å²) in [6.45, 7) is 2.92. The maximum absolute atomic E-state index is 14.3. The number of halogens is 2. The lowest BCUT2D eigenvalue weighted by molar-refractivity contribution is -0.136. The number of carbonyl (C=O) groups is 1. The van der Waals surface area contributed by atoms with Crippen LogP contribution < -0.4 is 4.90 Å². The van der Waals surface area contributed by atoms with E-state index in [0.29, 0.717) is 13.1 Å². The zero-order valence-electron chi connectivity index (χ0n) is 20.6. The van der Waals surface area contributed by atoms with Gasteiger partial charge in [-0.25, -0.2) is 8.78 Å². The van der Waals surface area contributed by atoms with E-state index in [0.717, 1.165) is 49.0 Å². The average Bonchev–Trinajstić information content (AvgIpc) is 3.84. The smallest absolute Gasteiger partial charge is 0.273 e. The number of amides is 1. The largest absolute Gasteiger partial charge is 0.342 e. The quantitative estimate of drug-likeness (QED) is 0.440. The first-order valence-corrected chi connectivity index (χ1v) is 13.1. The molecule has 0 saturated carbocycles. The highest BCUT2D eigenvalue weighted by Gasteiger charge is 2.37. The van der Waals surface area contributed by atoms with E-state index >= 15 is 0 Å². The molecule has 1 atom stereocenters. The molecule has 1 saturated heterocycles. The average molecular weight is 488 g/mol. The fourth-order valence-corrected chi connectivity index (χ4v) is 5.77. The molecule has 186 valence electrons. The lowest BCUT2D eigenvalue weighted by Gasteiger charge is -2.41. The van der Waals surface area contributed by atoms with Crippen molar-refractivity contribution in [3.63, 3.8) is 0 Å². The molecular weight excluding hydrogens is 456 g/mol. The SMILES string of the molecule is CCC(F)(F)c1ccc(N(c2cnccc2C2=C[CH]2)C2CCN(C(=O)[C@@H]3CCC4=C([CH]4)C3)CC2)cc1. The third-order valence-electron chi connectivity index (χ3n) is 8.11. The maximum atomic E-state index is 14.3. The Hall–Kier alpha value is -3.02. The Morgan fingerprint density at radius 3 is 2.53 bits per heavy atom. The highest BCUT2D eigenvalue weighted by molar-refractivity contribution is 5.93. The Kier molecular flexibility index (Phi) is 5.93. The van der Waals surface area contributed by atoms with Crippen LogP contribution in [-0.4, -0.2) is 34.9 Å². The third kappa shape index (κ3) is 4.46. The van der Waals surface area contributed by atoms with Crippen molar-refractivity contribution in [1.82, 2.24) is 9.88 Å². The molecule has 4 aliphatic rings. The minimum Gasteiger partial charge on any atom is -0.342 e. The Balaban J connectivity index is 1.24. The molecule has 6 heteroatoms. The van der Waals surface area contributed by atoms with Crippen LogP contribution in [0.25, 0.3) is 5.57 Å². The van der Waals surface area contributed by atoms with Crippen molar-refractivity contribution >= 4 is 22.9 Å². The van der Waals surface area contributed by atoms with Crippen molar-refractivity contribution in [2.45, 2.75) is 57.4 Å². The van der Waals surface area contributed by atoms with Gasteiger partial charge in [-0.05, 0) is 55.9 Å². The van der Waals surface area contributed by atoms with Crippen LogP contribution in [0.5, 0.6) is 0 Å². The number of allylic oxidation sites excluding steroid dienone is 4. The summed E-state index contributed by atoms with van der Waals surface area (Å²) < 4.78 is 28.6. The number of anilines is 2. The number of alkyl halides is 2. The lowest BCUT2D eigenvalue weighted by atomic mass is 9.91. The number of benzene rings is 1. The second-order valence-electron chi connectivity index (χ2n) is 10.3. The second-order valence-corrected chi connectivity index (χ2v) is 10.3. The van der Waals surface area contributed by atoms with E-state index in [2.05, 4.69) is 28.8 Å². The zero-order chi connectivity index (χ0) is 24.9. The van der Waals surface area contributed by atoms with Crippen molar-refractivity contribution in [3.8, 4) is 0 Å². The van der Waals surface area contributed by atoms with E-state index in [-0.39, 0.29) is 29.9 Å². The zero-order valence-corrected chi connectivity index (χ0v) is 20.6. The van der Waals surface area contributed by atoms with Crippen LogP contribution in [0.3, 0.4) is 0 Å². The van der Waals surface area contributed by atoms with Crippen LogP contribution in [-0.2, 0) is 10.7 Å². The predicted octanol–water partition coefficient (Wildman–Crippen LogP) is 6.63. The number of aromatic nitrogens is 1. The van der Waals surface area contributed by atoms with Crippen LogP contribution in [0.2, 0.25) is 0 Å². The summed E-state index contributed by atoms with van der Waals surface area (Å²) in [5.74, 6) is -2.43. The fourth-order valence-electron chi connectivity index (χ4n) is 5.77. The number of hydrogen-bond acceptors (Lipinski definition) is 3. The normalized spacial score (nSPS) is 21.7. The van der Waals surface area contributed by atoms with E-state index in [1.54, 1.807) is 30.5 Å². The van der Waals surface area contributed by atoms with Gasteiger partial charge in [0.1, 0.15) is 0 Å². The summed E-state index contributed by atoms with van der Waals surface area (Å²) in [6.07, 6.45) is 14.4. The molecule has 4 nitrogen and oxygen atoms in total. The molecule has 2 radical (unpaired) electrons. The Morgan fingerprint density at radius 1 is 1.11 bits per heavy atom. The number of hydrogen-bond donors (Lipinski definition) is 0. The van der Waals surface area contributed by atoms with Gasteiger partial charge in [-0.2, -0.15) is 0 Å². The molecule has 0 N–H and O–H groups in total. The van der Waals surface area contributed by atoms with Crippen molar-refractivity contribution in [3.05, 3.63) is 83.9 Å². The molecule has 0 spiro atoms. The molecule has 1 aromatic heterocycles. The monoisotopic (exact) mass is 487 g/mol. The Labute approximate surface area is 211 Å². The highest BCUT2D eigenvalue weighted by Crippen LogP contribution is 2.45. The minimum absolute atomic E-state index is 0.0393. The van der Waals surface area contributed by atoms with Crippen LogP contribution in [0, 0.1) is 18.8 Å². The Bertz CT molecular complexity index is 1230. The molecule has 36 heavy (non-hydrogen) atoms. The second kappa shape index (κ2) is 9.13. The molecule has 3 aliphatic carbocycles. The van der Waals surface area contributed by atoms with Gasteiger partial charge in [0, 0.05) is 67.3 Å². The van der Waals surface area contributed by atoms with Crippen LogP contribution in [0.1, 0.15) is 56.6 Å². The fraction of sp³-hybridized carbons (Fsp3) is 0.400. The van der Waals surface area contributed by atoms with Crippen molar-refractivity contribution in [2.24, 2.45) is 5.92 Å². The molecule has 1 fully saturated rings. The molecule has 1 aromatic carbocycles. The van der Waals surface area contributed by atoms with Crippen LogP contribution in [0.15, 0.2) is 59.9 Å². The van der Waals surface area contributed by atoms with Gasteiger partial charge >= 0.3 is 0 Å². The van der Waals surface area contributed by atoms with E-state index < -0.39 is 5.92 Å². The first-order chi connectivity index (χ1) is 17.4. The topological polar surface area (TPSA) is 36.4 Å². The molecule has 0 unspecified atom stereocenters. The van der Waals surface area contributed by atoms with E-state index in [4.69, 9.17) is 0 Å². The van der Waals surface area contributed by atoms with Gasteiger partial charge in [-0.3, -0.25) is 9.78 Å². The first-order valence-electron chi connectivity index (χ1n) is 13.1. The van der Waals surface area contributed by atoms with E-state index in [1.807, 2.05) is 17.2 Å². The number of carbonyl (C=O) groups excluding carboxylic acids is 1. The summed E-state index contributed by atoms with van der Waals surface area (Å²) >= 11 is 0. The summed E-state index contributed by atoms with van der Waals surface area (Å²) in [4.78, 5) is 21.9. The van der Waals surface area contributed by atoms with E-state index in [9.17, 15) is 13.6 Å². The third-order valence-corrected chi connectivity index (χ3v) is 8.11. The number of pyridine rings is 1. The number of rotatable bonds is 7. The highest BCUT2D eigenvalue weighted by atomic mass is 19.3. The molecule has 2 heterocycles.